The smallest absolute Gasteiger partial charge is 0.269 e. The van der Waals surface area contributed by atoms with Gasteiger partial charge in [-0.15, -0.1) is 0 Å². The van der Waals surface area contributed by atoms with Crippen LogP contribution in [0.1, 0.15) is 27.5 Å². The summed E-state index contributed by atoms with van der Waals surface area (Å²) in [5.74, 6) is -0.584. The molecule has 1 aliphatic rings. The van der Waals surface area contributed by atoms with Crippen molar-refractivity contribution in [2.24, 2.45) is 0 Å². The molecule has 29 heavy (non-hydrogen) atoms. The Morgan fingerprint density at radius 2 is 1.62 bits per heavy atom. The fourth-order valence-corrected chi connectivity index (χ4v) is 3.47. The number of rotatable bonds is 5. The van der Waals surface area contributed by atoms with E-state index in [0.717, 1.165) is 5.56 Å². The van der Waals surface area contributed by atoms with Gasteiger partial charge in [0.2, 0.25) is 0 Å². The normalized spacial score (nSPS) is 13.7. The number of benzene rings is 3. The van der Waals surface area contributed by atoms with Gasteiger partial charge in [0.15, 0.2) is 0 Å². The molecule has 4 rings (SSSR count). The quantitative estimate of drug-likeness (QED) is 0.530. The van der Waals surface area contributed by atoms with E-state index in [0.29, 0.717) is 23.4 Å². The molecule has 2 amide bonds. The summed E-state index contributed by atoms with van der Waals surface area (Å²) < 4.78 is 0. The first kappa shape index (κ1) is 18.4. The minimum Gasteiger partial charge on any atom is -0.324 e. The first-order chi connectivity index (χ1) is 14.0. The molecule has 144 valence electrons. The van der Waals surface area contributed by atoms with E-state index >= 15 is 0 Å². The minimum absolute atomic E-state index is 0.0622. The number of anilines is 1. The average molecular weight is 387 g/mol. The number of nitro groups is 1. The van der Waals surface area contributed by atoms with E-state index in [1.807, 2.05) is 30.3 Å². The third kappa shape index (κ3) is 3.58. The molecular weight excluding hydrogens is 370 g/mol. The largest absolute Gasteiger partial charge is 0.324 e. The predicted octanol–water partition coefficient (Wildman–Crippen LogP) is 3.93. The third-order valence-corrected chi connectivity index (χ3v) is 4.87. The number of hydrogen-bond donors (Lipinski definition) is 1. The lowest BCUT2D eigenvalue weighted by Gasteiger charge is -2.27. The molecule has 0 unspecified atom stereocenters. The van der Waals surface area contributed by atoms with Gasteiger partial charge in [0.25, 0.3) is 17.5 Å². The van der Waals surface area contributed by atoms with E-state index in [1.54, 1.807) is 29.2 Å². The fraction of sp³-hybridized carbons (Fsp3) is 0.0909. The van der Waals surface area contributed by atoms with Crippen LogP contribution in [-0.4, -0.2) is 21.6 Å². The van der Waals surface area contributed by atoms with Crippen LogP contribution >= 0.6 is 0 Å². The molecule has 3 aromatic carbocycles. The number of carbonyl (C=O) groups excluding carboxylic acids is 2. The first-order valence-electron chi connectivity index (χ1n) is 9.04. The molecule has 0 saturated carbocycles. The molecule has 1 N–H and O–H groups in total. The monoisotopic (exact) mass is 387 g/mol. The van der Waals surface area contributed by atoms with Crippen molar-refractivity contribution in [3.63, 3.8) is 0 Å². The Balaban J connectivity index is 1.64. The molecule has 1 aliphatic heterocycles. The number of amides is 2. The Kier molecular flexibility index (Phi) is 4.78. The van der Waals surface area contributed by atoms with Crippen molar-refractivity contribution >= 4 is 23.2 Å². The molecule has 0 spiro atoms. The summed E-state index contributed by atoms with van der Waals surface area (Å²) in [6.45, 7) is 0.336. The maximum Gasteiger partial charge on any atom is 0.269 e. The molecule has 0 radical (unpaired) electrons. The van der Waals surface area contributed by atoms with Gasteiger partial charge in [-0.25, -0.2) is 0 Å². The number of carbonyl (C=O) groups is 2. The highest BCUT2D eigenvalue weighted by Gasteiger charge is 2.37. The molecule has 0 bridgehead atoms. The van der Waals surface area contributed by atoms with Gasteiger partial charge >= 0.3 is 0 Å². The molecule has 3 aromatic rings. The molecule has 7 heteroatoms. The highest BCUT2D eigenvalue weighted by atomic mass is 16.6. The van der Waals surface area contributed by atoms with E-state index in [9.17, 15) is 19.7 Å². The number of nitrogens with zero attached hydrogens (tertiary/aromatic N) is 2. The number of fused-ring (bicyclic) bond motifs is 1. The van der Waals surface area contributed by atoms with Crippen LogP contribution in [-0.2, 0) is 11.3 Å². The van der Waals surface area contributed by atoms with Gasteiger partial charge in [-0.2, -0.15) is 0 Å². The first-order valence-corrected chi connectivity index (χ1v) is 9.04. The van der Waals surface area contributed by atoms with Crippen LogP contribution < -0.4 is 5.32 Å². The van der Waals surface area contributed by atoms with Crippen molar-refractivity contribution in [2.75, 3.05) is 5.32 Å². The van der Waals surface area contributed by atoms with Gasteiger partial charge in [0, 0.05) is 29.9 Å². The Labute approximate surface area is 166 Å². The number of nitro benzene ring substituents is 1. The average Bonchev–Trinajstić information content (AvgIpc) is 3.06. The number of non-ortho nitro benzene ring substituents is 1. The zero-order chi connectivity index (χ0) is 20.4. The van der Waals surface area contributed by atoms with Crippen LogP contribution in [0.4, 0.5) is 11.4 Å². The van der Waals surface area contributed by atoms with Gasteiger partial charge in [0.05, 0.1) is 4.92 Å². The highest BCUT2D eigenvalue weighted by molar-refractivity contribution is 6.04. The lowest BCUT2D eigenvalue weighted by Crippen LogP contribution is -2.37. The van der Waals surface area contributed by atoms with Gasteiger partial charge in [-0.3, -0.25) is 19.7 Å². The van der Waals surface area contributed by atoms with Crippen LogP contribution in [0.15, 0.2) is 78.9 Å². The highest BCUT2D eigenvalue weighted by Crippen LogP contribution is 2.32. The lowest BCUT2D eigenvalue weighted by molar-refractivity contribution is -0.384. The molecule has 0 aromatic heterocycles. The summed E-state index contributed by atoms with van der Waals surface area (Å²) in [6.07, 6.45) is 0. The van der Waals surface area contributed by atoms with E-state index in [2.05, 4.69) is 5.32 Å². The topological polar surface area (TPSA) is 92.5 Å². The van der Waals surface area contributed by atoms with E-state index in [4.69, 9.17) is 0 Å². The molecule has 1 atom stereocenters. The van der Waals surface area contributed by atoms with Crippen molar-refractivity contribution in [3.05, 3.63) is 106 Å². The fourth-order valence-electron chi connectivity index (χ4n) is 3.47. The number of hydrogen-bond acceptors (Lipinski definition) is 4. The van der Waals surface area contributed by atoms with Gasteiger partial charge in [-0.1, -0.05) is 48.5 Å². The summed E-state index contributed by atoms with van der Waals surface area (Å²) in [6, 6.07) is 21.1. The minimum atomic E-state index is -0.828. The Hall–Kier alpha value is -4.00. The summed E-state index contributed by atoms with van der Waals surface area (Å²) >= 11 is 0. The summed E-state index contributed by atoms with van der Waals surface area (Å²) in [4.78, 5) is 38.0. The van der Waals surface area contributed by atoms with Gasteiger partial charge in [0.1, 0.15) is 6.04 Å². The molecule has 0 fully saturated rings. The van der Waals surface area contributed by atoms with Crippen molar-refractivity contribution in [2.45, 2.75) is 12.6 Å². The maximum absolute atomic E-state index is 13.2. The zero-order valence-electron chi connectivity index (χ0n) is 15.3. The van der Waals surface area contributed by atoms with Crippen LogP contribution in [0.25, 0.3) is 0 Å². The van der Waals surface area contributed by atoms with Crippen molar-refractivity contribution in [1.82, 2.24) is 4.90 Å². The second kappa shape index (κ2) is 7.55. The summed E-state index contributed by atoms with van der Waals surface area (Å²) in [5.41, 5.74) is 2.52. The van der Waals surface area contributed by atoms with Crippen LogP contribution in [0.5, 0.6) is 0 Å². The van der Waals surface area contributed by atoms with Crippen LogP contribution in [0.2, 0.25) is 0 Å². The summed E-state index contributed by atoms with van der Waals surface area (Å²) in [7, 11) is 0. The molecule has 1 heterocycles. The van der Waals surface area contributed by atoms with E-state index in [-0.39, 0.29) is 17.5 Å². The van der Waals surface area contributed by atoms with Gasteiger partial charge in [-0.05, 0) is 29.3 Å². The SMILES string of the molecule is O=C(Nc1ccc([N+](=O)[O-])cc1)[C@H](c1ccccc1)N1Cc2ccccc2C1=O. The second-order valence-electron chi connectivity index (χ2n) is 6.70. The number of nitrogens with one attached hydrogen (secondary N) is 1. The maximum atomic E-state index is 13.2. The lowest BCUT2D eigenvalue weighted by atomic mass is 10.0. The Bertz CT molecular complexity index is 1080. The Morgan fingerprint density at radius 3 is 2.28 bits per heavy atom. The molecular formula is C22H17N3O4. The summed E-state index contributed by atoms with van der Waals surface area (Å²) in [5, 5.41) is 13.6. The molecule has 7 nitrogen and oxygen atoms in total. The van der Waals surface area contributed by atoms with Gasteiger partial charge < -0.3 is 10.2 Å². The van der Waals surface area contributed by atoms with Crippen LogP contribution in [0.3, 0.4) is 0 Å². The third-order valence-electron chi connectivity index (χ3n) is 4.87. The standard InChI is InChI=1S/C22H17N3O4/c26-21(23-17-10-12-18(13-11-17)25(28)29)20(15-6-2-1-3-7-15)24-14-16-8-4-5-9-19(16)22(24)27/h1-13,20H,14H2,(H,23,26)/t20-/m0/s1. The zero-order valence-corrected chi connectivity index (χ0v) is 15.3. The van der Waals surface area contributed by atoms with Crippen LogP contribution in [0, 0.1) is 10.1 Å². The van der Waals surface area contributed by atoms with E-state index < -0.39 is 11.0 Å². The van der Waals surface area contributed by atoms with Crippen molar-refractivity contribution < 1.29 is 14.5 Å². The van der Waals surface area contributed by atoms with Crippen molar-refractivity contribution in [3.8, 4) is 0 Å². The van der Waals surface area contributed by atoms with Crippen molar-refractivity contribution in [1.29, 1.82) is 0 Å². The molecule has 0 aliphatic carbocycles. The Morgan fingerprint density at radius 1 is 0.966 bits per heavy atom. The molecule has 0 saturated heterocycles. The predicted molar refractivity (Wildman–Crippen MR) is 107 cm³/mol. The van der Waals surface area contributed by atoms with E-state index in [1.165, 1.54) is 24.3 Å². The second-order valence-corrected chi connectivity index (χ2v) is 6.70.